The second-order valence-corrected chi connectivity index (χ2v) is 3.87. The fraction of sp³-hybridized carbons (Fsp3) is 0.500. The molecule has 15 heavy (non-hydrogen) atoms. The summed E-state index contributed by atoms with van der Waals surface area (Å²) >= 11 is 0. The predicted molar refractivity (Wildman–Crippen MR) is 57.2 cm³/mol. The summed E-state index contributed by atoms with van der Waals surface area (Å²) in [6.45, 7) is 0.818. The van der Waals surface area contributed by atoms with Crippen molar-refractivity contribution in [3.05, 3.63) is 35.6 Å². The lowest BCUT2D eigenvalue weighted by atomic mass is 9.99. The van der Waals surface area contributed by atoms with Crippen molar-refractivity contribution in [3.8, 4) is 0 Å². The first-order valence-corrected chi connectivity index (χ1v) is 5.35. The van der Waals surface area contributed by atoms with Gasteiger partial charge in [-0.25, -0.2) is 4.39 Å². The highest BCUT2D eigenvalue weighted by Gasteiger charge is 2.25. The molecule has 1 aliphatic rings. The topological polar surface area (TPSA) is 21.3 Å². The Hall–Kier alpha value is -0.930. The molecule has 1 aromatic carbocycles. The van der Waals surface area contributed by atoms with Crippen LogP contribution in [0.5, 0.6) is 0 Å². The summed E-state index contributed by atoms with van der Waals surface area (Å²) in [4.78, 5) is 0. The molecule has 2 rings (SSSR count). The molecule has 1 N–H and O–H groups in total. The molecule has 0 radical (unpaired) electrons. The van der Waals surface area contributed by atoms with Gasteiger partial charge < -0.3 is 10.1 Å². The van der Waals surface area contributed by atoms with E-state index in [1.807, 2.05) is 13.1 Å². The molecule has 2 unspecified atom stereocenters. The van der Waals surface area contributed by atoms with E-state index in [2.05, 4.69) is 5.32 Å². The van der Waals surface area contributed by atoms with E-state index in [0.717, 1.165) is 25.0 Å². The van der Waals surface area contributed by atoms with E-state index in [4.69, 9.17) is 4.74 Å². The van der Waals surface area contributed by atoms with Gasteiger partial charge in [-0.3, -0.25) is 0 Å². The zero-order valence-corrected chi connectivity index (χ0v) is 8.87. The molecule has 1 saturated heterocycles. The van der Waals surface area contributed by atoms with Gasteiger partial charge in [0.2, 0.25) is 0 Å². The standard InChI is InChI=1S/C12H16FNO/c1-14-12(11-6-3-7-15-11)9-4-2-5-10(13)8-9/h2,4-5,8,11-12,14H,3,6-7H2,1H3. The van der Waals surface area contributed by atoms with Crippen LogP contribution in [0, 0.1) is 5.82 Å². The molecule has 1 heterocycles. The van der Waals surface area contributed by atoms with Crippen molar-refractivity contribution in [2.45, 2.75) is 25.0 Å². The van der Waals surface area contributed by atoms with Gasteiger partial charge in [-0.15, -0.1) is 0 Å². The molecule has 2 nitrogen and oxygen atoms in total. The predicted octanol–water partition coefficient (Wildman–Crippen LogP) is 2.27. The highest BCUT2D eigenvalue weighted by atomic mass is 19.1. The maximum absolute atomic E-state index is 13.1. The lowest BCUT2D eigenvalue weighted by molar-refractivity contribution is 0.0807. The van der Waals surface area contributed by atoms with E-state index in [-0.39, 0.29) is 18.0 Å². The smallest absolute Gasteiger partial charge is 0.123 e. The van der Waals surface area contributed by atoms with Gasteiger partial charge in [-0.2, -0.15) is 0 Å². The van der Waals surface area contributed by atoms with Crippen LogP contribution in [0.15, 0.2) is 24.3 Å². The van der Waals surface area contributed by atoms with E-state index < -0.39 is 0 Å². The minimum Gasteiger partial charge on any atom is -0.376 e. The molecule has 1 aliphatic heterocycles. The van der Waals surface area contributed by atoms with Crippen LogP contribution in [-0.2, 0) is 4.74 Å². The molecule has 1 aromatic rings. The summed E-state index contributed by atoms with van der Waals surface area (Å²) in [5.74, 6) is -0.189. The largest absolute Gasteiger partial charge is 0.376 e. The van der Waals surface area contributed by atoms with E-state index >= 15 is 0 Å². The molecular weight excluding hydrogens is 193 g/mol. The third-order valence-electron chi connectivity index (χ3n) is 2.86. The Bertz CT molecular complexity index is 323. The number of likely N-dealkylation sites (N-methyl/N-ethyl adjacent to an activating group) is 1. The lowest BCUT2D eigenvalue weighted by Gasteiger charge is -2.22. The third-order valence-corrected chi connectivity index (χ3v) is 2.86. The Morgan fingerprint density at radius 2 is 2.40 bits per heavy atom. The van der Waals surface area contributed by atoms with Crippen molar-refractivity contribution >= 4 is 0 Å². The van der Waals surface area contributed by atoms with Crippen molar-refractivity contribution in [2.24, 2.45) is 0 Å². The molecule has 0 bridgehead atoms. The number of hydrogen-bond acceptors (Lipinski definition) is 2. The van der Waals surface area contributed by atoms with Crippen LogP contribution in [0.25, 0.3) is 0 Å². The van der Waals surface area contributed by atoms with Crippen LogP contribution in [0.4, 0.5) is 4.39 Å². The van der Waals surface area contributed by atoms with Crippen LogP contribution in [0.1, 0.15) is 24.4 Å². The second kappa shape index (κ2) is 4.73. The summed E-state index contributed by atoms with van der Waals surface area (Å²) in [6.07, 6.45) is 2.32. The van der Waals surface area contributed by atoms with Gasteiger partial charge in [-0.05, 0) is 37.6 Å². The molecule has 82 valence electrons. The maximum atomic E-state index is 13.1. The van der Waals surface area contributed by atoms with Crippen molar-refractivity contribution in [1.29, 1.82) is 0 Å². The van der Waals surface area contributed by atoms with Gasteiger partial charge in [0.15, 0.2) is 0 Å². The fourth-order valence-corrected chi connectivity index (χ4v) is 2.13. The normalized spacial score (nSPS) is 22.9. The molecule has 1 fully saturated rings. The highest BCUT2D eigenvalue weighted by molar-refractivity contribution is 5.21. The van der Waals surface area contributed by atoms with Gasteiger partial charge in [0.05, 0.1) is 12.1 Å². The first kappa shape index (κ1) is 10.6. The average Bonchev–Trinajstić information content (AvgIpc) is 2.72. The minimum atomic E-state index is -0.189. The number of nitrogens with one attached hydrogen (secondary N) is 1. The third kappa shape index (κ3) is 2.36. The average molecular weight is 209 g/mol. The first-order chi connectivity index (χ1) is 7.31. The van der Waals surface area contributed by atoms with Gasteiger partial charge >= 0.3 is 0 Å². The Labute approximate surface area is 89.4 Å². The van der Waals surface area contributed by atoms with Crippen molar-refractivity contribution in [1.82, 2.24) is 5.32 Å². The Balaban J connectivity index is 2.18. The summed E-state index contributed by atoms with van der Waals surface area (Å²) in [6, 6.07) is 6.81. The monoisotopic (exact) mass is 209 g/mol. The number of hydrogen-bond donors (Lipinski definition) is 1. The summed E-state index contributed by atoms with van der Waals surface area (Å²) < 4.78 is 18.7. The SMILES string of the molecule is CNC(c1cccc(F)c1)C1CCCO1. The van der Waals surface area contributed by atoms with E-state index in [9.17, 15) is 4.39 Å². The molecule has 2 atom stereocenters. The zero-order chi connectivity index (χ0) is 10.7. The van der Waals surface area contributed by atoms with Crippen LogP contribution in [-0.4, -0.2) is 19.8 Å². The van der Waals surface area contributed by atoms with E-state index in [1.54, 1.807) is 12.1 Å². The minimum absolute atomic E-state index is 0.100. The van der Waals surface area contributed by atoms with Gasteiger partial charge in [-0.1, -0.05) is 12.1 Å². The number of ether oxygens (including phenoxy) is 1. The van der Waals surface area contributed by atoms with Crippen molar-refractivity contribution in [2.75, 3.05) is 13.7 Å². The van der Waals surface area contributed by atoms with E-state index in [0.29, 0.717) is 0 Å². The molecule has 0 aliphatic carbocycles. The summed E-state index contributed by atoms with van der Waals surface area (Å²) in [7, 11) is 1.89. The Morgan fingerprint density at radius 3 is 3.00 bits per heavy atom. The molecule has 0 aromatic heterocycles. The second-order valence-electron chi connectivity index (χ2n) is 3.87. The maximum Gasteiger partial charge on any atom is 0.123 e. The zero-order valence-electron chi connectivity index (χ0n) is 8.87. The molecule has 0 amide bonds. The van der Waals surface area contributed by atoms with Crippen LogP contribution in [0.2, 0.25) is 0 Å². The van der Waals surface area contributed by atoms with E-state index in [1.165, 1.54) is 6.07 Å². The van der Waals surface area contributed by atoms with Crippen LogP contribution >= 0.6 is 0 Å². The van der Waals surface area contributed by atoms with Crippen LogP contribution in [0.3, 0.4) is 0 Å². The Morgan fingerprint density at radius 1 is 1.53 bits per heavy atom. The highest BCUT2D eigenvalue weighted by Crippen LogP contribution is 2.26. The number of benzene rings is 1. The number of halogens is 1. The van der Waals surface area contributed by atoms with Gasteiger partial charge in [0, 0.05) is 6.61 Å². The first-order valence-electron chi connectivity index (χ1n) is 5.35. The van der Waals surface area contributed by atoms with Gasteiger partial charge in [0.25, 0.3) is 0 Å². The van der Waals surface area contributed by atoms with Crippen molar-refractivity contribution in [3.63, 3.8) is 0 Å². The molecule has 0 spiro atoms. The van der Waals surface area contributed by atoms with Gasteiger partial charge in [0.1, 0.15) is 5.82 Å². The van der Waals surface area contributed by atoms with Crippen molar-refractivity contribution < 1.29 is 9.13 Å². The quantitative estimate of drug-likeness (QED) is 0.824. The fourth-order valence-electron chi connectivity index (χ4n) is 2.13. The summed E-state index contributed by atoms with van der Waals surface area (Å²) in [5.41, 5.74) is 0.962. The molecule has 3 heteroatoms. The van der Waals surface area contributed by atoms with Crippen LogP contribution < -0.4 is 5.32 Å². The molecule has 0 saturated carbocycles. The molecular formula is C12H16FNO. The summed E-state index contributed by atoms with van der Waals surface area (Å²) in [5, 5.41) is 3.20. The lowest BCUT2D eigenvalue weighted by Crippen LogP contribution is -2.28. The number of rotatable bonds is 3. The Kier molecular flexibility index (Phi) is 3.34.